The fraction of sp³-hybridized carbons (Fsp3) is 0.273. The molecule has 0 heterocycles. The minimum atomic E-state index is -0.480. The molecule has 0 bridgehead atoms. The van der Waals surface area contributed by atoms with Crippen molar-refractivity contribution in [2.75, 3.05) is 29.9 Å². The van der Waals surface area contributed by atoms with Crippen LogP contribution in [0.5, 0.6) is 0 Å². The molecule has 0 aliphatic rings. The van der Waals surface area contributed by atoms with Gasteiger partial charge in [-0.15, -0.1) is 0 Å². The number of nitrogens with one attached hydrogen (secondary N) is 1. The van der Waals surface area contributed by atoms with E-state index in [4.69, 9.17) is 11.6 Å². The summed E-state index contributed by atoms with van der Waals surface area (Å²) >= 11 is 5.99. The van der Waals surface area contributed by atoms with Gasteiger partial charge in [0, 0.05) is 29.5 Å². The SMILES string of the molecule is CCN(CCO)c1ccc(/C=C(\C#N)C(=O)Nc2cc(Cl)ccc2C)c(C)c1. The highest BCUT2D eigenvalue weighted by atomic mass is 35.5. The Morgan fingerprint density at radius 3 is 2.61 bits per heavy atom. The Labute approximate surface area is 170 Å². The van der Waals surface area contributed by atoms with Crippen LogP contribution in [-0.2, 0) is 4.79 Å². The second-order valence-electron chi connectivity index (χ2n) is 6.43. The molecule has 1 amide bonds. The number of carbonyl (C=O) groups is 1. The third kappa shape index (κ3) is 5.35. The van der Waals surface area contributed by atoms with Crippen molar-refractivity contribution in [3.8, 4) is 6.07 Å². The van der Waals surface area contributed by atoms with Crippen LogP contribution in [0.25, 0.3) is 6.08 Å². The maximum atomic E-state index is 12.5. The van der Waals surface area contributed by atoms with Crippen molar-refractivity contribution in [3.05, 3.63) is 63.7 Å². The Kier molecular flexibility index (Phi) is 7.62. The summed E-state index contributed by atoms with van der Waals surface area (Å²) in [6, 6.07) is 13.0. The van der Waals surface area contributed by atoms with E-state index in [0.717, 1.165) is 28.9 Å². The van der Waals surface area contributed by atoms with E-state index in [1.807, 2.05) is 51.1 Å². The Balaban J connectivity index is 2.27. The predicted molar refractivity (Wildman–Crippen MR) is 115 cm³/mol. The van der Waals surface area contributed by atoms with Gasteiger partial charge in [0.25, 0.3) is 5.91 Å². The molecule has 0 saturated carbocycles. The van der Waals surface area contributed by atoms with Gasteiger partial charge < -0.3 is 15.3 Å². The first-order valence-corrected chi connectivity index (χ1v) is 9.43. The summed E-state index contributed by atoms with van der Waals surface area (Å²) in [7, 11) is 0. The third-order valence-corrected chi connectivity index (χ3v) is 4.72. The number of aliphatic hydroxyl groups is 1. The van der Waals surface area contributed by atoms with E-state index in [-0.39, 0.29) is 12.2 Å². The summed E-state index contributed by atoms with van der Waals surface area (Å²) < 4.78 is 0. The average molecular weight is 398 g/mol. The van der Waals surface area contributed by atoms with Gasteiger partial charge in [0.1, 0.15) is 11.6 Å². The molecule has 0 spiro atoms. The molecule has 28 heavy (non-hydrogen) atoms. The second-order valence-corrected chi connectivity index (χ2v) is 6.86. The Morgan fingerprint density at radius 1 is 1.25 bits per heavy atom. The standard InChI is InChI=1S/C22H24ClN3O2/c1-4-26(9-10-27)20-8-6-17(16(3)11-20)12-18(14-24)22(28)25-21-13-19(23)7-5-15(21)2/h5-8,11-13,27H,4,9-10H2,1-3H3,(H,25,28)/b18-12+. The largest absolute Gasteiger partial charge is 0.395 e. The van der Waals surface area contributed by atoms with Gasteiger partial charge in [-0.05, 0) is 67.8 Å². The lowest BCUT2D eigenvalue weighted by atomic mass is 10.0. The summed E-state index contributed by atoms with van der Waals surface area (Å²) in [5.41, 5.74) is 4.17. The zero-order valence-corrected chi connectivity index (χ0v) is 17.0. The fourth-order valence-corrected chi connectivity index (χ4v) is 3.00. The van der Waals surface area contributed by atoms with E-state index in [0.29, 0.717) is 17.3 Å². The molecule has 2 aromatic carbocycles. The number of likely N-dealkylation sites (N-methyl/N-ethyl adjacent to an activating group) is 1. The average Bonchev–Trinajstić information content (AvgIpc) is 2.67. The number of carbonyl (C=O) groups excluding carboxylic acids is 1. The lowest BCUT2D eigenvalue weighted by Gasteiger charge is -2.22. The lowest BCUT2D eigenvalue weighted by Crippen LogP contribution is -2.26. The van der Waals surface area contributed by atoms with Crippen molar-refractivity contribution in [1.82, 2.24) is 0 Å². The summed E-state index contributed by atoms with van der Waals surface area (Å²) in [6.45, 7) is 7.22. The normalized spacial score (nSPS) is 11.1. The zero-order valence-electron chi connectivity index (χ0n) is 16.3. The number of nitrogens with zero attached hydrogens (tertiary/aromatic N) is 2. The number of aliphatic hydroxyl groups excluding tert-OH is 1. The molecule has 5 nitrogen and oxygen atoms in total. The summed E-state index contributed by atoms with van der Waals surface area (Å²) in [4.78, 5) is 14.6. The molecular weight excluding hydrogens is 374 g/mol. The number of rotatable bonds is 7. The van der Waals surface area contributed by atoms with Crippen molar-refractivity contribution < 1.29 is 9.90 Å². The number of nitriles is 1. The van der Waals surface area contributed by atoms with Crippen LogP contribution in [-0.4, -0.2) is 30.7 Å². The molecule has 0 unspecified atom stereocenters. The number of hydrogen-bond donors (Lipinski definition) is 2. The smallest absolute Gasteiger partial charge is 0.266 e. The molecule has 0 saturated heterocycles. The molecule has 0 aliphatic carbocycles. The molecule has 0 aliphatic heterocycles. The topological polar surface area (TPSA) is 76.4 Å². The molecule has 146 valence electrons. The summed E-state index contributed by atoms with van der Waals surface area (Å²) in [5.74, 6) is -0.480. The highest BCUT2D eigenvalue weighted by Gasteiger charge is 2.13. The molecular formula is C22H24ClN3O2. The van der Waals surface area contributed by atoms with Crippen molar-refractivity contribution in [3.63, 3.8) is 0 Å². The molecule has 0 radical (unpaired) electrons. The number of anilines is 2. The quantitative estimate of drug-likeness (QED) is 0.538. The third-order valence-electron chi connectivity index (χ3n) is 4.48. The van der Waals surface area contributed by atoms with Crippen molar-refractivity contribution in [2.24, 2.45) is 0 Å². The fourth-order valence-electron chi connectivity index (χ4n) is 2.83. The van der Waals surface area contributed by atoms with Crippen molar-refractivity contribution in [2.45, 2.75) is 20.8 Å². The van der Waals surface area contributed by atoms with Gasteiger partial charge >= 0.3 is 0 Å². The second kappa shape index (κ2) is 9.93. The monoisotopic (exact) mass is 397 g/mol. The first kappa shape index (κ1) is 21.5. The van der Waals surface area contributed by atoms with Gasteiger partial charge in [-0.1, -0.05) is 23.7 Å². The van der Waals surface area contributed by atoms with E-state index < -0.39 is 5.91 Å². The first-order chi connectivity index (χ1) is 13.4. The van der Waals surface area contributed by atoms with Crippen LogP contribution in [0.15, 0.2) is 42.0 Å². The van der Waals surface area contributed by atoms with E-state index in [1.54, 1.807) is 18.2 Å². The van der Waals surface area contributed by atoms with Crippen LogP contribution in [0.4, 0.5) is 11.4 Å². The predicted octanol–water partition coefficient (Wildman–Crippen LogP) is 4.32. The highest BCUT2D eigenvalue weighted by molar-refractivity contribution is 6.31. The lowest BCUT2D eigenvalue weighted by molar-refractivity contribution is -0.112. The van der Waals surface area contributed by atoms with Crippen LogP contribution in [0.3, 0.4) is 0 Å². The minimum Gasteiger partial charge on any atom is -0.395 e. The molecule has 6 heteroatoms. The zero-order chi connectivity index (χ0) is 20.7. The van der Waals surface area contributed by atoms with Gasteiger partial charge in [0.2, 0.25) is 0 Å². The van der Waals surface area contributed by atoms with Gasteiger partial charge in [-0.2, -0.15) is 5.26 Å². The number of hydrogen-bond acceptors (Lipinski definition) is 4. The molecule has 0 fully saturated rings. The molecule has 2 aromatic rings. The maximum Gasteiger partial charge on any atom is 0.266 e. The highest BCUT2D eigenvalue weighted by Crippen LogP contribution is 2.23. The van der Waals surface area contributed by atoms with E-state index in [9.17, 15) is 15.2 Å². The van der Waals surface area contributed by atoms with Gasteiger partial charge in [0.05, 0.1) is 6.61 Å². The van der Waals surface area contributed by atoms with Crippen LogP contribution < -0.4 is 10.2 Å². The van der Waals surface area contributed by atoms with Crippen molar-refractivity contribution in [1.29, 1.82) is 5.26 Å². The summed E-state index contributed by atoms with van der Waals surface area (Å²) in [5, 5.41) is 21.9. The van der Waals surface area contributed by atoms with Gasteiger partial charge in [0.15, 0.2) is 0 Å². The summed E-state index contributed by atoms with van der Waals surface area (Å²) in [6.07, 6.45) is 1.58. The Morgan fingerprint density at radius 2 is 2.00 bits per heavy atom. The van der Waals surface area contributed by atoms with Gasteiger partial charge in [-0.3, -0.25) is 4.79 Å². The minimum absolute atomic E-state index is 0.0120. The van der Waals surface area contributed by atoms with E-state index >= 15 is 0 Å². The molecule has 2 N–H and O–H groups in total. The van der Waals surface area contributed by atoms with Crippen LogP contribution in [0, 0.1) is 25.2 Å². The van der Waals surface area contributed by atoms with Crippen LogP contribution in [0.1, 0.15) is 23.6 Å². The molecule has 0 aromatic heterocycles. The maximum absolute atomic E-state index is 12.5. The Bertz CT molecular complexity index is 932. The molecule has 2 rings (SSSR count). The number of benzene rings is 2. The number of amides is 1. The molecule has 0 atom stereocenters. The van der Waals surface area contributed by atoms with Crippen LogP contribution in [0.2, 0.25) is 5.02 Å². The van der Waals surface area contributed by atoms with E-state index in [2.05, 4.69) is 10.2 Å². The van der Waals surface area contributed by atoms with Gasteiger partial charge in [-0.25, -0.2) is 0 Å². The van der Waals surface area contributed by atoms with E-state index in [1.165, 1.54) is 0 Å². The Hall–Kier alpha value is -2.81. The number of aryl methyl sites for hydroxylation is 2. The van der Waals surface area contributed by atoms with Crippen molar-refractivity contribution >= 4 is 35.0 Å². The number of halogens is 1. The van der Waals surface area contributed by atoms with Crippen LogP contribution >= 0.6 is 11.6 Å². The first-order valence-electron chi connectivity index (χ1n) is 9.05.